The fourth-order valence-electron chi connectivity index (χ4n) is 4.34. The first-order valence-corrected chi connectivity index (χ1v) is 9.30. The van der Waals surface area contributed by atoms with Crippen LogP contribution < -0.4 is 0 Å². The van der Waals surface area contributed by atoms with Crippen LogP contribution >= 0.6 is 0 Å². The third kappa shape index (κ3) is 2.69. The van der Waals surface area contributed by atoms with E-state index >= 15 is 0 Å². The van der Waals surface area contributed by atoms with E-state index in [9.17, 15) is 0 Å². The van der Waals surface area contributed by atoms with Crippen molar-refractivity contribution >= 4 is 17.0 Å². The highest BCUT2D eigenvalue weighted by Crippen LogP contribution is 2.33. The van der Waals surface area contributed by atoms with Crippen molar-refractivity contribution in [3.63, 3.8) is 0 Å². The van der Waals surface area contributed by atoms with Gasteiger partial charge in [0.1, 0.15) is 0 Å². The zero-order valence-corrected chi connectivity index (χ0v) is 14.4. The van der Waals surface area contributed by atoms with Gasteiger partial charge in [0.15, 0.2) is 0 Å². The second kappa shape index (κ2) is 6.16. The van der Waals surface area contributed by atoms with E-state index in [1.807, 2.05) is 6.20 Å². The Kier molecular flexibility index (Phi) is 3.67. The van der Waals surface area contributed by atoms with Crippen molar-refractivity contribution in [3.8, 4) is 0 Å². The van der Waals surface area contributed by atoms with Crippen LogP contribution in [0.25, 0.3) is 17.0 Å². The summed E-state index contributed by atoms with van der Waals surface area (Å²) in [6, 6.07) is 13.7. The topological polar surface area (TPSA) is 21.1 Å². The number of rotatable bonds is 3. The van der Waals surface area contributed by atoms with Crippen LogP contribution in [0.4, 0.5) is 0 Å². The van der Waals surface area contributed by atoms with Crippen LogP contribution in [-0.2, 0) is 13.0 Å². The molecule has 0 bridgehead atoms. The number of aromatic nitrogens is 2. The third-order valence-corrected chi connectivity index (χ3v) is 5.67. The lowest BCUT2D eigenvalue weighted by Gasteiger charge is -2.33. The first kappa shape index (κ1) is 14.9. The Morgan fingerprint density at radius 3 is 2.72 bits per heavy atom. The molecule has 1 aliphatic carbocycles. The summed E-state index contributed by atoms with van der Waals surface area (Å²) in [5.74, 6) is 0. The van der Waals surface area contributed by atoms with Crippen molar-refractivity contribution in [3.05, 3.63) is 71.7 Å². The summed E-state index contributed by atoms with van der Waals surface area (Å²) in [6.45, 7) is 3.41. The molecule has 0 radical (unpaired) electrons. The minimum Gasteiger partial charge on any atom is -0.344 e. The normalized spacial score (nSPS) is 18.1. The van der Waals surface area contributed by atoms with Crippen molar-refractivity contribution < 1.29 is 0 Å². The van der Waals surface area contributed by atoms with Gasteiger partial charge in [-0.25, -0.2) is 0 Å². The Morgan fingerprint density at radius 2 is 1.88 bits per heavy atom. The molecule has 1 fully saturated rings. The second-order valence-corrected chi connectivity index (χ2v) is 7.24. The summed E-state index contributed by atoms with van der Waals surface area (Å²) in [5.41, 5.74) is 5.38. The molecular formula is C22H23N3. The molecule has 1 aliphatic heterocycles. The molecule has 3 heterocycles. The van der Waals surface area contributed by atoms with Crippen LogP contribution in [0, 0.1) is 0 Å². The maximum Gasteiger partial charge on any atom is 0.0590 e. The number of fused-ring (bicyclic) bond motifs is 3. The fraction of sp³-hybridized carbons (Fsp3) is 0.318. The number of benzene rings is 1. The number of hydrogen-bond acceptors (Lipinski definition) is 2. The van der Waals surface area contributed by atoms with E-state index in [4.69, 9.17) is 0 Å². The Bertz CT molecular complexity index is 915. The highest BCUT2D eigenvalue weighted by Gasteiger charge is 2.23. The summed E-state index contributed by atoms with van der Waals surface area (Å²) in [5, 5.41) is 1.28. The standard InChI is InChI=1S/C22H23N3/c1-2-5-17(6-3-1)16-24-12-10-19(11-13-24)25-14-9-18-15-23-21-8-4-7-20(21)22(18)25/h1-7,9,14-15,19H,8,10-13,16H2. The molecule has 0 N–H and O–H groups in total. The molecule has 0 unspecified atom stereocenters. The van der Waals surface area contributed by atoms with Crippen LogP contribution in [-0.4, -0.2) is 27.5 Å². The maximum absolute atomic E-state index is 4.62. The van der Waals surface area contributed by atoms with Crippen LogP contribution in [0.3, 0.4) is 0 Å². The highest BCUT2D eigenvalue weighted by atomic mass is 15.1. The van der Waals surface area contributed by atoms with E-state index in [1.54, 1.807) is 0 Å². The highest BCUT2D eigenvalue weighted by molar-refractivity contribution is 5.90. The van der Waals surface area contributed by atoms with Gasteiger partial charge in [-0.1, -0.05) is 42.5 Å². The number of likely N-dealkylation sites (tertiary alicyclic amines) is 1. The number of allylic oxidation sites excluding steroid dienone is 1. The first-order chi connectivity index (χ1) is 12.4. The van der Waals surface area contributed by atoms with Gasteiger partial charge < -0.3 is 4.57 Å². The molecule has 0 amide bonds. The van der Waals surface area contributed by atoms with E-state index in [2.05, 4.69) is 69.2 Å². The van der Waals surface area contributed by atoms with Crippen molar-refractivity contribution in [2.24, 2.45) is 0 Å². The Labute approximate surface area is 148 Å². The van der Waals surface area contributed by atoms with Crippen molar-refractivity contribution in [2.45, 2.75) is 31.8 Å². The molecule has 3 aromatic rings. The van der Waals surface area contributed by atoms with Gasteiger partial charge in [0.25, 0.3) is 0 Å². The average molecular weight is 329 g/mol. The summed E-state index contributed by atoms with van der Waals surface area (Å²) in [4.78, 5) is 7.21. The molecule has 1 saturated heterocycles. The van der Waals surface area contributed by atoms with Crippen LogP contribution in [0.15, 0.2) is 54.9 Å². The molecule has 1 aromatic carbocycles. The SMILES string of the molecule is C1=Cc2c(ncc3ccn(C4CCN(Cc5ccccc5)CC4)c23)C1. The average Bonchev–Trinajstić information content (AvgIpc) is 3.29. The molecular weight excluding hydrogens is 306 g/mol. The predicted molar refractivity (Wildman–Crippen MR) is 102 cm³/mol. The zero-order chi connectivity index (χ0) is 16.6. The Morgan fingerprint density at radius 1 is 1.04 bits per heavy atom. The lowest BCUT2D eigenvalue weighted by Crippen LogP contribution is -2.34. The third-order valence-electron chi connectivity index (χ3n) is 5.67. The summed E-state index contributed by atoms with van der Waals surface area (Å²) < 4.78 is 2.52. The van der Waals surface area contributed by atoms with Gasteiger partial charge in [-0.05, 0) is 24.5 Å². The van der Waals surface area contributed by atoms with Gasteiger partial charge in [-0.2, -0.15) is 0 Å². The number of pyridine rings is 1. The molecule has 3 nitrogen and oxygen atoms in total. The summed E-state index contributed by atoms with van der Waals surface area (Å²) in [7, 11) is 0. The molecule has 25 heavy (non-hydrogen) atoms. The zero-order valence-electron chi connectivity index (χ0n) is 14.4. The van der Waals surface area contributed by atoms with E-state index in [-0.39, 0.29) is 0 Å². The Hall–Kier alpha value is -2.39. The quantitative estimate of drug-likeness (QED) is 0.708. The van der Waals surface area contributed by atoms with Crippen LogP contribution in [0.1, 0.15) is 35.7 Å². The van der Waals surface area contributed by atoms with Crippen LogP contribution in [0.5, 0.6) is 0 Å². The predicted octanol–water partition coefficient (Wildman–Crippen LogP) is 4.44. The molecule has 0 atom stereocenters. The molecule has 0 saturated carbocycles. The maximum atomic E-state index is 4.62. The molecule has 0 spiro atoms. The number of piperidine rings is 1. The van der Waals surface area contributed by atoms with Gasteiger partial charge in [0, 0.05) is 55.4 Å². The fourth-order valence-corrected chi connectivity index (χ4v) is 4.34. The minimum absolute atomic E-state index is 0.602. The van der Waals surface area contributed by atoms with Gasteiger partial charge >= 0.3 is 0 Å². The monoisotopic (exact) mass is 329 g/mol. The van der Waals surface area contributed by atoms with E-state index in [1.165, 1.54) is 53.7 Å². The molecule has 2 aromatic heterocycles. The molecule has 5 rings (SSSR count). The largest absolute Gasteiger partial charge is 0.344 e. The van der Waals surface area contributed by atoms with Gasteiger partial charge in [0.05, 0.1) is 11.2 Å². The van der Waals surface area contributed by atoms with Gasteiger partial charge in [-0.3, -0.25) is 9.88 Å². The van der Waals surface area contributed by atoms with Gasteiger partial charge in [-0.15, -0.1) is 0 Å². The summed E-state index contributed by atoms with van der Waals surface area (Å²) >= 11 is 0. The molecule has 2 aliphatic rings. The Balaban J connectivity index is 1.35. The van der Waals surface area contributed by atoms with E-state index < -0.39 is 0 Å². The van der Waals surface area contributed by atoms with E-state index in [0.29, 0.717) is 6.04 Å². The molecule has 3 heteroatoms. The molecule has 126 valence electrons. The second-order valence-electron chi connectivity index (χ2n) is 7.24. The van der Waals surface area contributed by atoms with E-state index in [0.717, 1.165) is 13.0 Å². The lowest BCUT2D eigenvalue weighted by molar-refractivity contribution is 0.181. The van der Waals surface area contributed by atoms with Crippen molar-refractivity contribution in [1.29, 1.82) is 0 Å². The smallest absolute Gasteiger partial charge is 0.0590 e. The van der Waals surface area contributed by atoms with Crippen LogP contribution in [0.2, 0.25) is 0 Å². The lowest BCUT2D eigenvalue weighted by atomic mass is 10.0. The summed E-state index contributed by atoms with van der Waals surface area (Å²) in [6.07, 6.45) is 12.2. The van der Waals surface area contributed by atoms with Gasteiger partial charge in [0.2, 0.25) is 0 Å². The number of nitrogens with zero attached hydrogens (tertiary/aromatic N) is 3. The number of hydrogen-bond donors (Lipinski definition) is 0. The minimum atomic E-state index is 0.602. The van der Waals surface area contributed by atoms with Crippen molar-refractivity contribution in [1.82, 2.24) is 14.5 Å². The first-order valence-electron chi connectivity index (χ1n) is 9.30. The van der Waals surface area contributed by atoms with Crippen molar-refractivity contribution in [2.75, 3.05) is 13.1 Å².